The Bertz CT molecular complexity index is 1100. The van der Waals surface area contributed by atoms with E-state index in [0.29, 0.717) is 35.4 Å². The number of unbranched alkanes of at least 4 members (excludes halogenated alkanes) is 1. The lowest BCUT2D eigenvalue weighted by Gasteiger charge is -2.16. The third kappa shape index (κ3) is 6.22. The number of carbonyl (C=O) groups excluding carboxylic acids is 2. The van der Waals surface area contributed by atoms with Gasteiger partial charge in [-0.1, -0.05) is 51.5 Å². The first kappa shape index (κ1) is 25.4. The van der Waals surface area contributed by atoms with Gasteiger partial charge in [0.05, 0.1) is 12.2 Å². The van der Waals surface area contributed by atoms with Crippen LogP contribution in [0.2, 0.25) is 0 Å². The Labute approximate surface area is 200 Å². The molecule has 9 heteroatoms. The third-order valence-corrected chi connectivity index (χ3v) is 8.20. The topological polar surface area (TPSA) is 107 Å². The number of esters is 1. The molecule has 0 radical (unpaired) electrons. The number of primary sulfonamides is 1. The van der Waals surface area contributed by atoms with Crippen LogP contribution in [0, 0.1) is 5.92 Å². The van der Waals surface area contributed by atoms with Crippen molar-refractivity contribution in [2.75, 3.05) is 13.2 Å². The van der Waals surface area contributed by atoms with Crippen molar-refractivity contribution in [2.45, 2.75) is 63.6 Å². The fourth-order valence-electron chi connectivity index (χ4n) is 3.90. The van der Waals surface area contributed by atoms with E-state index in [9.17, 15) is 18.0 Å². The molecule has 2 heterocycles. The lowest BCUT2D eigenvalue weighted by Crippen LogP contribution is -2.23. The first-order chi connectivity index (χ1) is 15.6. The van der Waals surface area contributed by atoms with Crippen LogP contribution in [0.1, 0.15) is 67.3 Å². The molecular weight excluding hydrogens is 460 g/mol. The lowest BCUT2D eigenvalue weighted by molar-refractivity contribution is -0.128. The van der Waals surface area contributed by atoms with Gasteiger partial charge in [-0.3, -0.25) is 4.79 Å². The molecule has 0 bridgehead atoms. The van der Waals surface area contributed by atoms with Gasteiger partial charge in [-0.05, 0) is 36.3 Å². The second kappa shape index (κ2) is 10.8. The number of rotatable bonds is 10. The van der Waals surface area contributed by atoms with E-state index in [1.807, 2.05) is 37.8 Å². The Morgan fingerprint density at radius 2 is 1.94 bits per heavy atom. The van der Waals surface area contributed by atoms with E-state index < -0.39 is 16.0 Å². The molecular formula is C24H32N2O5S2. The van der Waals surface area contributed by atoms with Crippen LogP contribution in [0.3, 0.4) is 0 Å². The van der Waals surface area contributed by atoms with Gasteiger partial charge in [-0.2, -0.15) is 0 Å². The summed E-state index contributed by atoms with van der Waals surface area (Å²) in [5.41, 5.74) is 2.12. The molecule has 2 aromatic rings. The number of thiophene rings is 1. The molecule has 0 atom stereocenters. The number of amides is 1. The molecule has 1 aromatic carbocycles. The highest BCUT2D eigenvalue weighted by Crippen LogP contribution is 2.41. The molecule has 33 heavy (non-hydrogen) atoms. The van der Waals surface area contributed by atoms with Crippen LogP contribution >= 0.6 is 11.3 Å². The first-order valence-corrected chi connectivity index (χ1v) is 13.7. The van der Waals surface area contributed by atoms with Gasteiger partial charge in [-0.25, -0.2) is 18.4 Å². The Kier molecular flexibility index (Phi) is 8.31. The zero-order valence-corrected chi connectivity index (χ0v) is 21.1. The first-order valence-electron chi connectivity index (χ1n) is 11.3. The van der Waals surface area contributed by atoms with Crippen LogP contribution in [0.4, 0.5) is 0 Å². The monoisotopic (exact) mass is 492 g/mol. The van der Waals surface area contributed by atoms with Crippen LogP contribution in [0.5, 0.6) is 0 Å². The number of hydrogen-bond donors (Lipinski definition) is 1. The summed E-state index contributed by atoms with van der Waals surface area (Å²) < 4.78 is 30.4. The van der Waals surface area contributed by atoms with Gasteiger partial charge in [0, 0.05) is 30.0 Å². The maximum absolute atomic E-state index is 13.1. The Balaban J connectivity index is 2.04. The Morgan fingerprint density at radius 3 is 2.48 bits per heavy atom. The van der Waals surface area contributed by atoms with Gasteiger partial charge >= 0.3 is 5.97 Å². The maximum Gasteiger partial charge on any atom is 0.339 e. The summed E-state index contributed by atoms with van der Waals surface area (Å²) in [4.78, 5) is 27.5. The van der Waals surface area contributed by atoms with E-state index in [2.05, 4.69) is 0 Å². The number of sulfonamides is 1. The van der Waals surface area contributed by atoms with Crippen LogP contribution in [-0.4, -0.2) is 38.3 Å². The van der Waals surface area contributed by atoms with E-state index in [1.54, 1.807) is 12.1 Å². The second-order valence-electron chi connectivity index (χ2n) is 8.81. The van der Waals surface area contributed by atoms with Crippen molar-refractivity contribution in [2.24, 2.45) is 11.1 Å². The zero-order chi connectivity index (χ0) is 24.2. The van der Waals surface area contributed by atoms with Gasteiger partial charge in [-0.15, -0.1) is 11.3 Å². The molecule has 0 spiro atoms. The van der Waals surface area contributed by atoms with Crippen LogP contribution < -0.4 is 5.14 Å². The highest BCUT2D eigenvalue weighted by atomic mass is 32.2. The van der Waals surface area contributed by atoms with Crippen molar-refractivity contribution in [1.29, 1.82) is 0 Å². The van der Waals surface area contributed by atoms with Crippen LogP contribution in [-0.2, 0) is 32.5 Å². The SMILES string of the molecule is CCCCOC(=O)c1c(CC(C)C)sc(S(N)(=O)=O)c1-c1ccc(CN2CCCC2=O)cc1. The summed E-state index contributed by atoms with van der Waals surface area (Å²) in [5, 5.41) is 5.57. The number of nitrogens with two attached hydrogens (primary N) is 1. The zero-order valence-electron chi connectivity index (χ0n) is 19.4. The molecule has 0 saturated carbocycles. The number of carbonyl (C=O) groups is 2. The van der Waals surface area contributed by atoms with Crippen molar-refractivity contribution in [3.63, 3.8) is 0 Å². The van der Waals surface area contributed by atoms with E-state index in [-0.39, 0.29) is 28.2 Å². The van der Waals surface area contributed by atoms with Crippen LogP contribution in [0.25, 0.3) is 11.1 Å². The summed E-state index contributed by atoms with van der Waals surface area (Å²) in [6.45, 7) is 7.55. The Hall–Kier alpha value is -2.23. The molecule has 7 nitrogen and oxygen atoms in total. The largest absolute Gasteiger partial charge is 0.462 e. The van der Waals surface area contributed by atoms with Gasteiger partial charge in [0.25, 0.3) is 0 Å². The van der Waals surface area contributed by atoms with Crippen LogP contribution in [0.15, 0.2) is 28.5 Å². The minimum Gasteiger partial charge on any atom is -0.462 e. The molecule has 1 fully saturated rings. The Morgan fingerprint density at radius 1 is 1.24 bits per heavy atom. The standard InChI is InChI=1S/C24H32N2O5S2/c1-4-5-13-31-23(28)22-19(14-16(2)3)32-24(33(25,29)30)21(22)18-10-8-17(9-11-18)15-26-12-6-7-20(26)27/h8-11,16H,4-7,12-15H2,1-3H3,(H2,25,29,30). The van der Waals surface area contributed by atoms with Crippen molar-refractivity contribution in [1.82, 2.24) is 4.90 Å². The predicted octanol–water partition coefficient (Wildman–Crippen LogP) is 4.34. The van der Waals surface area contributed by atoms with Gasteiger partial charge in [0.15, 0.2) is 0 Å². The molecule has 2 N–H and O–H groups in total. The molecule has 180 valence electrons. The smallest absolute Gasteiger partial charge is 0.339 e. The van der Waals surface area contributed by atoms with Gasteiger partial charge < -0.3 is 9.64 Å². The van der Waals surface area contributed by atoms with E-state index in [4.69, 9.17) is 9.88 Å². The number of ether oxygens (including phenoxy) is 1. The average molecular weight is 493 g/mol. The summed E-state index contributed by atoms with van der Waals surface area (Å²) in [6.07, 6.45) is 3.60. The fraction of sp³-hybridized carbons (Fsp3) is 0.500. The number of nitrogens with zero attached hydrogens (tertiary/aromatic N) is 1. The minimum atomic E-state index is -4.06. The molecule has 3 rings (SSSR count). The minimum absolute atomic E-state index is 0.0249. The van der Waals surface area contributed by atoms with Gasteiger partial charge in [0.1, 0.15) is 4.21 Å². The quantitative estimate of drug-likeness (QED) is 0.392. The highest BCUT2D eigenvalue weighted by Gasteiger charge is 2.31. The average Bonchev–Trinajstić information content (AvgIpc) is 3.32. The van der Waals surface area contributed by atoms with E-state index in [1.165, 1.54) is 0 Å². The van der Waals surface area contributed by atoms with Crippen molar-refractivity contribution in [3.8, 4) is 11.1 Å². The molecule has 1 amide bonds. The lowest BCUT2D eigenvalue weighted by atomic mass is 9.98. The molecule has 0 unspecified atom stereocenters. The number of benzene rings is 1. The summed E-state index contributed by atoms with van der Waals surface area (Å²) >= 11 is 1.05. The van der Waals surface area contributed by atoms with E-state index >= 15 is 0 Å². The summed E-state index contributed by atoms with van der Waals surface area (Å²) in [7, 11) is -4.06. The van der Waals surface area contributed by atoms with Gasteiger partial charge in [0.2, 0.25) is 15.9 Å². The molecule has 1 aliphatic rings. The predicted molar refractivity (Wildman–Crippen MR) is 130 cm³/mol. The van der Waals surface area contributed by atoms with Crippen molar-refractivity contribution in [3.05, 3.63) is 40.3 Å². The number of likely N-dealkylation sites (tertiary alicyclic amines) is 1. The molecule has 1 aromatic heterocycles. The van der Waals surface area contributed by atoms with Crippen molar-refractivity contribution >= 4 is 33.2 Å². The highest BCUT2D eigenvalue weighted by molar-refractivity contribution is 7.91. The second-order valence-corrected chi connectivity index (χ2v) is 11.7. The molecule has 0 aliphatic carbocycles. The summed E-state index contributed by atoms with van der Waals surface area (Å²) in [5.74, 6) is -0.164. The fourth-order valence-corrected chi connectivity index (χ4v) is 6.42. The maximum atomic E-state index is 13.1. The molecule has 1 saturated heterocycles. The third-order valence-electron chi connectivity index (χ3n) is 5.52. The van der Waals surface area contributed by atoms with Crippen molar-refractivity contribution < 1.29 is 22.7 Å². The number of hydrogen-bond acceptors (Lipinski definition) is 6. The summed E-state index contributed by atoms with van der Waals surface area (Å²) in [6, 6.07) is 7.29. The normalized spacial score (nSPS) is 14.3. The van der Waals surface area contributed by atoms with E-state index in [0.717, 1.165) is 42.7 Å². The molecule has 1 aliphatic heterocycles.